The lowest BCUT2D eigenvalue weighted by Gasteiger charge is -2.26. The van der Waals surface area contributed by atoms with Crippen LogP contribution >= 0.6 is 11.3 Å². The van der Waals surface area contributed by atoms with Crippen LogP contribution in [-0.2, 0) is 32.5 Å². The van der Waals surface area contributed by atoms with E-state index in [-0.39, 0.29) is 41.5 Å². The van der Waals surface area contributed by atoms with Crippen molar-refractivity contribution in [1.82, 2.24) is 4.90 Å². The lowest BCUT2D eigenvalue weighted by molar-refractivity contribution is 0.0526. The van der Waals surface area contributed by atoms with Gasteiger partial charge < -0.3 is 19.7 Å². The molecule has 0 spiro atoms. The van der Waals surface area contributed by atoms with Crippen molar-refractivity contribution >= 4 is 50.0 Å². The smallest absolute Gasteiger partial charge is 0.410 e. The summed E-state index contributed by atoms with van der Waals surface area (Å²) in [5.41, 5.74) is 2.33. The molecule has 2 N–H and O–H groups in total. The highest BCUT2D eigenvalue weighted by atomic mass is 32.2. The van der Waals surface area contributed by atoms with Gasteiger partial charge in [-0.2, -0.15) is 0 Å². The van der Waals surface area contributed by atoms with Gasteiger partial charge in [-0.05, 0) is 63.1 Å². The highest BCUT2D eigenvalue weighted by Gasteiger charge is 2.31. The van der Waals surface area contributed by atoms with Crippen molar-refractivity contribution in [3.05, 3.63) is 75.7 Å². The maximum Gasteiger partial charge on any atom is 0.410 e. The first-order valence-electron chi connectivity index (χ1n) is 12.4. The van der Waals surface area contributed by atoms with Gasteiger partial charge in [0.15, 0.2) is 0 Å². The summed E-state index contributed by atoms with van der Waals surface area (Å²) in [7, 11) is -3.86. The fourth-order valence-corrected chi connectivity index (χ4v) is 6.41. The van der Waals surface area contributed by atoms with Gasteiger partial charge >= 0.3 is 12.1 Å². The molecule has 1 aliphatic rings. The highest BCUT2D eigenvalue weighted by molar-refractivity contribution is 7.92. The first-order valence-corrected chi connectivity index (χ1v) is 14.7. The number of carbonyl (C=O) groups is 3. The van der Waals surface area contributed by atoms with Crippen LogP contribution in [-0.4, -0.2) is 51.0 Å². The minimum Gasteiger partial charge on any atom is -0.462 e. The number of ether oxygens (including phenoxy) is 2. The van der Waals surface area contributed by atoms with E-state index < -0.39 is 28.0 Å². The number of carbonyl (C=O) groups excluding carboxylic acids is 3. The van der Waals surface area contributed by atoms with Crippen LogP contribution < -0.4 is 10.0 Å². The molecular weight excluding hydrogens is 542 g/mol. The maximum atomic E-state index is 13.2. The van der Waals surface area contributed by atoms with Crippen molar-refractivity contribution in [3.63, 3.8) is 0 Å². The molecule has 2 amide bonds. The van der Waals surface area contributed by atoms with Gasteiger partial charge in [0.05, 0.1) is 30.2 Å². The maximum absolute atomic E-state index is 13.2. The van der Waals surface area contributed by atoms with E-state index in [4.69, 9.17) is 9.47 Å². The van der Waals surface area contributed by atoms with Crippen LogP contribution in [0.2, 0.25) is 0 Å². The normalized spacial score (nSPS) is 12.8. The van der Waals surface area contributed by atoms with E-state index in [1.165, 1.54) is 29.5 Å². The minimum absolute atomic E-state index is 0.100. The Morgan fingerprint density at radius 1 is 1.03 bits per heavy atom. The van der Waals surface area contributed by atoms with Gasteiger partial charge in [0.1, 0.15) is 5.00 Å². The predicted molar refractivity (Wildman–Crippen MR) is 148 cm³/mol. The Kier molecular flexibility index (Phi) is 8.56. The van der Waals surface area contributed by atoms with Gasteiger partial charge in [-0.3, -0.25) is 9.52 Å². The molecule has 1 aromatic heterocycles. The molecule has 2 aromatic carbocycles. The van der Waals surface area contributed by atoms with Crippen LogP contribution in [0.5, 0.6) is 0 Å². The van der Waals surface area contributed by atoms with Crippen molar-refractivity contribution in [2.75, 3.05) is 29.8 Å². The Hall–Kier alpha value is -3.90. The van der Waals surface area contributed by atoms with E-state index in [9.17, 15) is 22.8 Å². The van der Waals surface area contributed by atoms with Gasteiger partial charge in [0.2, 0.25) is 0 Å². The first kappa shape index (κ1) is 28.1. The number of fused-ring (bicyclic) bond motifs is 1. The third-order valence-corrected chi connectivity index (χ3v) is 8.53. The fraction of sp³-hybridized carbons (Fsp3) is 0.296. The minimum atomic E-state index is -3.86. The number of esters is 1. The number of amides is 2. The Morgan fingerprint density at radius 2 is 1.74 bits per heavy atom. The summed E-state index contributed by atoms with van der Waals surface area (Å²) < 4.78 is 38.4. The zero-order chi connectivity index (χ0) is 28.2. The summed E-state index contributed by atoms with van der Waals surface area (Å²) in [6, 6.07) is 12.5. The molecule has 0 saturated heterocycles. The van der Waals surface area contributed by atoms with Gasteiger partial charge in [0.25, 0.3) is 15.9 Å². The topological polar surface area (TPSA) is 131 Å². The van der Waals surface area contributed by atoms with Gasteiger partial charge in [-0.25, -0.2) is 18.0 Å². The number of nitrogens with zero attached hydrogens (tertiary/aromatic N) is 1. The molecule has 0 aliphatic carbocycles. The fourth-order valence-electron chi connectivity index (χ4n) is 4.11. The Labute approximate surface area is 231 Å². The number of anilines is 2. The molecule has 10 nitrogen and oxygen atoms in total. The number of rotatable bonds is 8. The average Bonchev–Trinajstić information content (AvgIpc) is 3.26. The van der Waals surface area contributed by atoms with Crippen molar-refractivity contribution < 1.29 is 32.3 Å². The molecule has 4 rings (SSSR count). The zero-order valence-corrected chi connectivity index (χ0v) is 23.4. The molecule has 0 unspecified atom stereocenters. The summed E-state index contributed by atoms with van der Waals surface area (Å²) in [6.07, 6.45) is -0.0324. The third-order valence-electron chi connectivity index (χ3n) is 6.00. The molecule has 0 saturated carbocycles. The molecule has 39 heavy (non-hydrogen) atoms. The van der Waals surface area contributed by atoms with E-state index in [0.29, 0.717) is 18.0 Å². The van der Waals surface area contributed by atoms with E-state index >= 15 is 0 Å². The molecular formula is C27H29N3O7S2. The second-order valence-corrected chi connectivity index (χ2v) is 11.5. The molecule has 1 aliphatic heterocycles. The molecule has 0 atom stereocenters. The molecule has 0 fully saturated rings. The lowest BCUT2D eigenvalue weighted by Crippen LogP contribution is -2.36. The van der Waals surface area contributed by atoms with E-state index in [0.717, 1.165) is 16.0 Å². The predicted octanol–water partition coefficient (Wildman–Crippen LogP) is 4.80. The third kappa shape index (κ3) is 6.40. The SMILES string of the molecule is CCOC(=O)c1c(NC(=O)c2cccc(NS(=O)(=O)c3ccc(C)cc3)c2)sc2c1CCN(C(=O)OCC)C2. The molecule has 3 aromatic rings. The number of sulfonamides is 1. The van der Waals surface area contributed by atoms with E-state index in [2.05, 4.69) is 10.0 Å². The van der Waals surface area contributed by atoms with Crippen molar-refractivity contribution in [1.29, 1.82) is 0 Å². The van der Waals surface area contributed by atoms with E-state index in [1.807, 2.05) is 6.92 Å². The van der Waals surface area contributed by atoms with Crippen LogP contribution in [0.1, 0.15) is 50.6 Å². The Balaban J connectivity index is 1.57. The number of hydrogen-bond donors (Lipinski definition) is 2. The zero-order valence-electron chi connectivity index (χ0n) is 21.8. The number of aryl methyl sites for hydroxylation is 1. The highest BCUT2D eigenvalue weighted by Crippen LogP contribution is 2.38. The summed E-state index contributed by atoms with van der Waals surface area (Å²) in [5, 5.41) is 3.09. The summed E-state index contributed by atoms with van der Waals surface area (Å²) >= 11 is 1.20. The van der Waals surface area contributed by atoms with E-state index in [1.54, 1.807) is 49.1 Å². The molecule has 2 heterocycles. The van der Waals surface area contributed by atoms with Crippen LogP contribution in [0, 0.1) is 6.92 Å². The summed E-state index contributed by atoms with van der Waals surface area (Å²) in [5.74, 6) is -1.09. The molecule has 12 heteroatoms. The van der Waals surface area contributed by atoms with Crippen LogP contribution in [0.3, 0.4) is 0 Å². The first-order chi connectivity index (χ1) is 18.6. The molecule has 0 bridgehead atoms. The number of benzene rings is 2. The number of nitrogens with one attached hydrogen (secondary N) is 2. The second-order valence-electron chi connectivity index (χ2n) is 8.75. The average molecular weight is 572 g/mol. The number of thiophene rings is 1. The quantitative estimate of drug-likeness (QED) is 0.371. The van der Waals surface area contributed by atoms with Crippen molar-refractivity contribution in [2.45, 2.75) is 38.6 Å². The Morgan fingerprint density at radius 3 is 2.44 bits per heavy atom. The van der Waals surface area contributed by atoms with Crippen LogP contribution in [0.25, 0.3) is 0 Å². The summed E-state index contributed by atoms with van der Waals surface area (Å²) in [6.45, 7) is 6.31. The van der Waals surface area contributed by atoms with Crippen molar-refractivity contribution in [3.8, 4) is 0 Å². The molecule has 0 radical (unpaired) electrons. The second kappa shape index (κ2) is 11.9. The monoisotopic (exact) mass is 571 g/mol. The lowest BCUT2D eigenvalue weighted by atomic mass is 10.0. The van der Waals surface area contributed by atoms with Gasteiger partial charge in [0, 0.05) is 22.7 Å². The van der Waals surface area contributed by atoms with Crippen LogP contribution in [0.15, 0.2) is 53.4 Å². The Bertz CT molecular complexity index is 1500. The summed E-state index contributed by atoms with van der Waals surface area (Å²) in [4.78, 5) is 40.7. The van der Waals surface area contributed by atoms with Crippen LogP contribution in [0.4, 0.5) is 15.5 Å². The standard InChI is InChI=1S/C27H29N3O7S2/c1-4-36-26(32)23-21-13-14-30(27(33)37-5-2)16-22(21)38-25(23)28-24(31)18-7-6-8-19(15-18)29-39(34,35)20-11-9-17(3)10-12-20/h6-12,15,29H,4-5,13-14,16H2,1-3H3,(H,28,31). The molecule has 206 valence electrons. The van der Waals surface area contributed by atoms with Crippen molar-refractivity contribution in [2.24, 2.45) is 0 Å². The van der Waals surface area contributed by atoms with Gasteiger partial charge in [-0.1, -0.05) is 23.8 Å². The number of hydrogen-bond acceptors (Lipinski definition) is 8. The van der Waals surface area contributed by atoms with Gasteiger partial charge in [-0.15, -0.1) is 11.3 Å². The largest absolute Gasteiger partial charge is 0.462 e.